The van der Waals surface area contributed by atoms with E-state index in [-0.39, 0.29) is 17.1 Å². The summed E-state index contributed by atoms with van der Waals surface area (Å²) in [6.45, 7) is 3.56. The fraction of sp³-hybridized carbons (Fsp3) is 0.118. The number of nitro groups is 1. The molecule has 3 aromatic rings. The van der Waals surface area contributed by atoms with E-state index in [1.165, 1.54) is 6.07 Å². The molecule has 0 bridgehead atoms. The topological polar surface area (TPSA) is 85.4 Å². The zero-order chi connectivity index (χ0) is 16.6. The Bertz CT molecular complexity index is 894. The van der Waals surface area contributed by atoms with Crippen LogP contribution in [0.4, 0.5) is 11.4 Å². The molecule has 1 N–H and O–H groups in total. The molecule has 0 unspecified atom stereocenters. The third-order valence-electron chi connectivity index (χ3n) is 3.80. The van der Waals surface area contributed by atoms with Gasteiger partial charge in [0.15, 0.2) is 5.76 Å². The average molecular weight is 310 g/mol. The molecule has 116 valence electrons. The predicted molar refractivity (Wildman–Crippen MR) is 86.7 cm³/mol. The fourth-order valence-corrected chi connectivity index (χ4v) is 2.38. The number of hydrogen-bond acceptors (Lipinski definition) is 4. The van der Waals surface area contributed by atoms with Crippen molar-refractivity contribution in [3.63, 3.8) is 0 Å². The summed E-state index contributed by atoms with van der Waals surface area (Å²) in [5, 5.41) is 14.6. The van der Waals surface area contributed by atoms with Crippen molar-refractivity contribution >= 4 is 28.3 Å². The van der Waals surface area contributed by atoms with Crippen molar-refractivity contribution in [1.29, 1.82) is 0 Å². The van der Waals surface area contributed by atoms with Crippen molar-refractivity contribution in [2.75, 3.05) is 5.32 Å². The molecular formula is C17H14N2O4. The van der Waals surface area contributed by atoms with Gasteiger partial charge in [0.05, 0.1) is 4.92 Å². The number of anilines is 1. The van der Waals surface area contributed by atoms with E-state index < -0.39 is 10.8 Å². The minimum atomic E-state index is -0.516. The summed E-state index contributed by atoms with van der Waals surface area (Å²) in [6, 6.07) is 11.9. The van der Waals surface area contributed by atoms with Gasteiger partial charge in [0.25, 0.3) is 11.6 Å². The molecule has 0 aliphatic rings. The molecule has 6 heteroatoms. The molecule has 0 saturated carbocycles. The van der Waals surface area contributed by atoms with Gasteiger partial charge in [-0.25, -0.2) is 0 Å². The van der Waals surface area contributed by atoms with E-state index in [1.54, 1.807) is 25.1 Å². The van der Waals surface area contributed by atoms with Crippen molar-refractivity contribution in [1.82, 2.24) is 0 Å². The maximum atomic E-state index is 12.4. The van der Waals surface area contributed by atoms with Gasteiger partial charge in [-0.1, -0.05) is 24.3 Å². The summed E-state index contributed by atoms with van der Waals surface area (Å²) in [5.74, 6) is -0.403. The molecule has 0 atom stereocenters. The Morgan fingerprint density at radius 1 is 1.17 bits per heavy atom. The van der Waals surface area contributed by atoms with Gasteiger partial charge in [-0.05, 0) is 37.1 Å². The van der Waals surface area contributed by atoms with Crippen molar-refractivity contribution in [2.45, 2.75) is 13.8 Å². The number of furan rings is 1. The standard InChI is InChI=1S/C17H14N2O4/c1-10-7-8-13(19(21)22)16(11(10)2)18-17(20)15-9-12-5-3-4-6-14(12)23-15/h3-9H,1-2H3,(H,18,20). The molecule has 1 amide bonds. The Morgan fingerprint density at radius 3 is 2.61 bits per heavy atom. The van der Waals surface area contributed by atoms with Gasteiger partial charge in [-0.15, -0.1) is 0 Å². The molecule has 0 radical (unpaired) electrons. The summed E-state index contributed by atoms with van der Waals surface area (Å²) in [5.41, 5.74) is 2.16. The van der Waals surface area contributed by atoms with E-state index in [9.17, 15) is 14.9 Å². The van der Waals surface area contributed by atoms with Crippen LogP contribution in [0, 0.1) is 24.0 Å². The summed E-state index contributed by atoms with van der Waals surface area (Å²) >= 11 is 0. The van der Waals surface area contributed by atoms with Crippen LogP contribution in [-0.4, -0.2) is 10.8 Å². The van der Waals surface area contributed by atoms with Crippen molar-refractivity contribution in [2.24, 2.45) is 0 Å². The smallest absolute Gasteiger partial charge is 0.293 e. The van der Waals surface area contributed by atoms with E-state index in [4.69, 9.17) is 4.42 Å². The number of para-hydroxylation sites is 1. The van der Waals surface area contributed by atoms with Crippen LogP contribution in [0.15, 0.2) is 46.9 Å². The number of nitrogens with zero attached hydrogens (tertiary/aromatic N) is 1. The largest absolute Gasteiger partial charge is 0.451 e. The third-order valence-corrected chi connectivity index (χ3v) is 3.80. The van der Waals surface area contributed by atoms with Gasteiger partial charge in [0, 0.05) is 11.5 Å². The molecule has 1 aromatic heterocycles. The van der Waals surface area contributed by atoms with Crippen LogP contribution in [-0.2, 0) is 0 Å². The molecule has 1 heterocycles. The maximum absolute atomic E-state index is 12.4. The number of carbonyl (C=O) groups is 1. The zero-order valence-electron chi connectivity index (χ0n) is 12.6. The Labute approximate surface area is 131 Å². The molecule has 6 nitrogen and oxygen atoms in total. The molecule has 2 aromatic carbocycles. The van der Waals surface area contributed by atoms with Gasteiger partial charge in [-0.2, -0.15) is 0 Å². The minimum Gasteiger partial charge on any atom is -0.451 e. The fourth-order valence-electron chi connectivity index (χ4n) is 2.38. The van der Waals surface area contributed by atoms with E-state index in [1.807, 2.05) is 25.1 Å². The molecule has 0 aliphatic heterocycles. The van der Waals surface area contributed by atoms with Crippen molar-refractivity contribution < 1.29 is 14.1 Å². The number of hydrogen-bond donors (Lipinski definition) is 1. The van der Waals surface area contributed by atoms with Crippen molar-refractivity contribution in [3.05, 3.63) is 69.5 Å². The zero-order valence-corrected chi connectivity index (χ0v) is 12.6. The number of aryl methyl sites for hydroxylation is 1. The maximum Gasteiger partial charge on any atom is 0.293 e. The molecule has 0 spiro atoms. The van der Waals surface area contributed by atoms with Crippen LogP contribution in [0.3, 0.4) is 0 Å². The van der Waals surface area contributed by atoms with E-state index >= 15 is 0 Å². The van der Waals surface area contributed by atoms with Crippen LogP contribution >= 0.6 is 0 Å². The molecule has 3 rings (SSSR count). The first-order chi connectivity index (χ1) is 11.0. The lowest BCUT2D eigenvalue weighted by Crippen LogP contribution is -2.13. The first kappa shape index (κ1) is 14.8. The highest BCUT2D eigenvalue weighted by Gasteiger charge is 2.21. The van der Waals surface area contributed by atoms with Gasteiger partial charge in [0.2, 0.25) is 0 Å². The SMILES string of the molecule is Cc1ccc([N+](=O)[O-])c(NC(=O)c2cc3ccccc3o2)c1C. The van der Waals surface area contributed by atoms with Gasteiger partial charge < -0.3 is 9.73 Å². The van der Waals surface area contributed by atoms with Gasteiger partial charge in [0.1, 0.15) is 11.3 Å². The molecular weight excluding hydrogens is 296 g/mol. The normalized spacial score (nSPS) is 10.7. The average Bonchev–Trinajstić information content (AvgIpc) is 2.95. The highest BCUT2D eigenvalue weighted by molar-refractivity contribution is 6.06. The van der Waals surface area contributed by atoms with E-state index in [2.05, 4.69) is 5.32 Å². The predicted octanol–water partition coefficient (Wildman–Crippen LogP) is 4.21. The monoisotopic (exact) mass is 310 g/mol. The molecule has 0 aliphatic carbocycles. The number of fused-ring (bicyclic) bond motifs is 1. The second-order valence-corrected chi connectivity index (χ2v) is 5.26. The minimum absolute atomic E-state index is 0.112. The Hall–Kier alpha value is -3.15. The van der Waals surface area contributed by atoms with Crippen LogP contribution in [0.25, 0.3) is 11.0 Å². The molecule has 23 heavy (non-hydrogen) atoms. The second kappa shape index (κ2) is 5.57. The lowest BCUT2D eigenvalue weighted by Gasteiger charge is -2.10. The number of carbonyl (C=O) groups excluding carboxylic acids is 1. The Morgan fingerprint density at radius 2 is 1.91 bits per heavy atom. The highest BCUT2D eigenvalue weighted by atomic mass is 16.6. The number of nitrogens with one attached hydrogen (secondary N) is 1. The van der Waals surface area contributed by atoms with Crippen LogP contribution in [0.5, 0.6) is 0 Å². The summed E-state index contributed by atoms with van der Waals surface area (Å²) in [6.07, 6.45) is 0. The first-order valence-corrected chi connectivity index (χ1v) is 7.02. The van der Waals surface area contributed by atoms with Gasteiger partial charge >= 0.3 is 0 Å². The number of amides is 1. The highest BCUT2D eigenvalue weighted by Crippen LogP contribution is 2.31. The molecule has 0 fully saturated rings. The van der Waals surface area contributed by atoms with E-state index in [0.717, 1.165) is 10.9 Å². The van der Waals surface area contributed by atoms with Gasteiger partial charge in [-0.3, -0.25) is 14.9 Å². The lowest BCUT2D eigenvalue weighted by atomic mass is 10.1. The summed E-state index contributed by atoms with van der Waals surface area (Å²) in [7, 11) is 0. The van der Waals surface area contributed by atoms with Crippen LogP contribution < -0.4 is 5.32 Å². The number of benzene rings is 2. The summed E-state index contributed by atoms with van der Waals surface area (Å²) in [4.78, 5) is 23.1. The second-order valence-electron chi connectivity index (χ2n) is 5.26. The van der Waals surface area contributed by atoms with Crippen molar-refractivity contribution in [3.8, 4) is 0 Å². The third kappa shape index (κ3) is 2.66. The quantitative estimate of drug-likeness (QED) is 0.580. The molecule has 0 saturated heterocycles. The number of nitro benzene ring substituents is 1. The summed E-state index contributed by atoms with van der Waals surface area (Å²) < 4.78 is 5.49. The first-order valence-electron chi connectivity index (χ1n) is 7.02. The Kier molecular flexibility index (Phi) is 3.57. The van der Waals surface area contributed by atoms with Crippen LogP contribution in [0.1, 0.15) is 21.7 Å². The number of rotatable bonds is 3. The lowest BCUT2D eigenvalue weighted by molar-refractivity contribution is -0.384. The Balaban J connectivity index is 1.99. The van der Waals surface area contributed by atoms with Crippen LogP contribution in [0.2, 0.25) is 0 Å². The van der Waals surface area contributed by atoms with E-state index in [0.29, 0.717) is 11.1 Å².